The highest BCUT2D eigenvalue weighted by Crippen LogP contribution is 2.31. The Bertz CT molecular complexity index is 615. The molecular weight excluding hydrogens is 323 g/mol. The van der Waals surface area contributed by atoms with E-state index in [9.17, 15) is 9.18 Å². The highest BCUT2D eigenvalue weighted by molar-refractivity contribution is 9.10. The van der Waals surface area contributed by atoms with E-state index < -0.39 is 5.97 Å². The van der Waals surface area contributed by atoms with Gasteiger partial charge in [-0.15, -0.1) is 0 Å². The van der Waals surface area contributed by atoms with Gasteiger partial charge < -0.3 is 10.4 Å². The summed E-state index contributed by atoms with van der Waals surface area (Å²) in [5.74, 6) is -1.41. The lowest BCUT2D eigenvalue weighted by atomic mass is 10.2. The molecule has 0 aliphatic heterocycles. The molecule has 2 N–H and O–H groups in total. The molecule has 0 saturated carbocycles. The van der Waals surface area contributed by atoms with E-state index in [-0.39, 0.29) is 11.4 Å². The number of nitrogens with one attached hydrogen (secondary N) is 1. The molecule has 0 unspecified atom stereocenters. The zero-order valence-corrected chi connectivity index (χ0v) is 11.6. The SMILES string of the molecule is Cc1nsc(Nc2ccc(F)cc2Br)c1C(=O)O. The number of anilines is 2. The second-order valence-electron chi connectivity index (χ2n) is 3.53. The lowest BCUT2D eigenvalue weighted by molar-refractivity contribution is 0.0697. The third-order valence-electron chi connectivity index (χ3n) is 2.26. The van der Waals surface area contributed by atoms with Crippen molar-refractivity contribution in [2.75, 3.05) is 5.32 Å². The van der Waals surface area contributed by atoms with Gasteiger partial charge in [0.25, 0.3) is 0 Å². The number of nitrogens with zero attached hydrogens (tertiary/aromatic N) is 1. The van der Waals surface area contributed by atoms with Crippen molar-refractivity contribution in [3.8, 4) is 0 Å². The van der Waals surface area contributed by atoms with Crippen LogP contribution in [0.1, 0.15) is 16.1 Å². The summed E-state index contributed by atoms with van der Waals surface area (Å²) in [4.78, 5) is 11.1. The zero-order chi connectivity index (χ0) is 13.3. The van der Waals surface area contributed by atoms with E-state index in [4.69, 9.17) is 5.11 Å². The summed E-state index contributed by atoms with van der Waals surface area (Å²) in [7, 11) is 0. The third-order valence-corrected chi connectivity index (χ3v) is 3.77. The summed E-state index contributed by atoms with van der Waals surface area (Å²) in [6, 6.07) is 4.12. The number of aromatic carboxylic acids is 1. The lowest BCUT2D eigenvalue weighted by Crippen LogP contribution is -2.01. The number of carboxylic acid groups (broad SMARTS) is 1. The fraction of sp³-hybridized carbons (Fsp3) is 0.0909. The van der Waals surface area contributed by atoms with E-state index in [2.05, 4.69) is 25.6 Å². The van der Waals surface area contributed by atoms with Gasteiger partial charge in [0.1, 0.15) is 16.4 Å². The molecule has 0 atom stereocenters. The molecule has 1 aromatic carbocycles. The number of aryl methyl sites for hydroxylation is 1. The summed E-state index contributed by atoms with van der Waals surface area (Å²) >= 11 is 4.26. The van der Waals surface area contributed by atoms with Gasteiger partial charge in [0.05, 0.1) is 11.4 Å². The van der Waals surface area contributed by atoms with Crippen molar-refractivity contribution in [2.45, 2.75) is 6.92 Å². The second kappa shape index (κ2) is 5.03. The molecule has 4 nitrogen and oxygen atoms in total. The van der Waals surface area contributed by atoms with Crippen molar-refractivity contribution in [3.63, 3.8) is 0 Å². The normalized spacial score (nSPS) is 10.4. The van der Waals surface area contributed by atoms with Gasteiger partial charge in [-0.1, -0.05) is 0 Å². The standard InChI is InChI=1S/C11H8BrFN2O2S/c1-5-9(11(16)17)10(18-15-5)14-8-3-2-6(13)4-7(8)12/h2-4,14H,1H3,(H,16,17). The Kier molecular flexibility index (Phi) is 3.63. The summed E-state index contributed by atoms with van der Waals surface area (Å²) < 4.78 is 17.4. The minimum atomic E-state index is -1.04. The van der Waals surface area contributed by atoms with Gasteiger partial charge in [0, 0.05) is 4.47 Å². The molecule has 2 aromatic rings. The van der Waals surface area contributed by atoms with Crippen LogP contribution in [0.5, 0.6) is 0 Å². The van der Waals surface area contributed by atoms with Gasteiger partial charge in [-0.05, 0) is 52.6 Å². The number of hydrogen-bond acceptors (Lipinski definition) is 4. The monoisotopic (exact) mass is 330 g/mol. The van der Waals surface area contributed by atoms with Gasteiger partial charge in [-0.2, -0.15) is 4.37 Å². The Morgan fingerprint density at radius 3 is 2.89 bits per heavy atom. The average molecular weight is 331 g/mol. The Balaban J connectivity index is 2.37. The Morgan fingerprint density at radius 2 is 2.28 bits per heavy atom. The first-order valence-corrected chi connectivity index (χ1v) is 6.47. The quantitative estimate of drug-likeness (QED) is 0.898. The fourth-order valence-corrected chi connectivity index (χ4v) is 2.67. The minimum Gasteiger partial charge on any atom is -0.478 e. The van der Waals surface area contributed by atoms with Crippen molar-refractivity contribution in [1.29, 1.82) is 0 Å². The average Bonchev–Trinajstić information content (AvgIpc) is 2.64. The first-order valence-electron chi connectivity index (χ1n) is 4.90. The van der Waals surface area contributed by atoms with Crippen molar-refractivity contribution < 1.29 is 14.3 Å². The van der Waals surface area contributed by atoms with Crippen LogP contribution in [-0.4, -0.2) is 15.4 Å². The number of carboxylic acids is 1. The Morgan fingerprint density at radius 1 is 1.56 bits per heavy atom. The van der Waals surface area contributed by atoms with Crippen LogP contribution in [0.4, 0.5) is 15.1 Å². The van der Waals surface area contributed by atoms with E-state index in [0.29, 0.717) is 20.9 Å². The fourth-order valence-electron chi connectivity index (χ4n) is 1.42. The predicted molar refractivity (Wildman–Crippen MR) is 71.2 cm³/mol. The van der Waals surface area contributed by atoms with E-state index in [0.717, 1.165) is 11.5 Å². The molecule has 18 heavy (non-hydrogen) atoms. The van der Waals surface area contributed by atoms with Gasteiger partial charge in [0.15, 0.2) is 0 Å². The van der Waals surface area contributed by atoms with Crippen LogP contribution in [0.2, 0.25) is 0 Å². The molecule has 1 aromatic heterocycles. The van der Waals surface area contributed by atoms with Gasteiger partial charge in [-0.25, -0.2) is 9.18 Å². The maximum Gasteiger partial charge on any atom is 0.340 e. The van der Waals surface area contributed by atoms with E-state index >= 15 is 0 Å². The summed E-state index contributed by atoms with van der Waals surface area (Å²) in [5.41, 5.74) is 1.17. The molecule has 0 saturated heterocycles. The number of rotatable bonds is 3. The van der Waals surface area contributed by atoms with Crippen LogP contribution >= 0.6 is 27.5 Å². The Hall–Kier alpha value is -1.47. The highest BCUT2D eigenvalue weighted by atomic mass is 79.9. The lowest BCUT2D eigenvalue weighted by Gasteiger charge is -2.07. The van der Waals surface area contributed by atoms with Gasteiger partial charge >= 0.3 is 5.97 Å². The van der Waals surface area contributed by atoms with Gasteiger partial charge in [-0.3, -0.25) is 0 Å². The van der Waals surface area contributed by atoms with Crippen LogP contribution < -0.4 is 5.32 Å². The largest absolute Gasteiger partial charge is 0.478 e. The van der Waals surface area contributed by atoms with Crippen LogP contribution in [0.15, 0.2) is 22.7 Å². The molecule has 94 valence electrons. The van der Waals surface area contributed by atoms with Crippen molar-refractivity contribution in [1.82, 2.24) is 4.37 Å². The maximum atomic E-state index is 12.9. The molecule has 2 rings (SSSR count). The van der Waals surface area contributed by atoms with Crippen LogP contribution in [0, 0.1) is 12.7 Å². The number of hydrogen-bond donors (Lipinski definition) is 2. The van der Waals surface area contributed by atoms with Crippen LogP contribution in [-0.2, 0) is 0 Å². The molecule has 7 heteroatoms. The summed E-state index contributed by atoms with van der Waals surface area (Å²) in [6.45, 7) is 1.63. The molecule has 0 radical (unpaired) electrons. The molecule has 1 heterocycles. The number of halogens is 2. The van der Waals surface area contributed by atoms with Gasteiger partial charge in [0.2, 0.25) is 0 Å². The first kappa shape index (κ1) is 13.0. The molecule has 0 spiro atoms. The van der Waals surface area contributed by atoms with E-state index in [1.54, 1.807) is 6.92 Å². The number of aromatic nitrogens is 1. The van der Waals surface area contributed by atoms with Crippen LogP contribution in [0.25, 0.3) is 0 Å². The smallest absolute Gasteiger partial charge is 0.340 e. The Labute approximate surface area is 115 Å². The van der Waals surface area contributed by atoms with Crippen molar-refractivity contribution >= 4 is 44.1 Å². The van der Waals surface area contributed by atoms with E-state index in [1.807, 2.05) is 0 Å². The molecule has 0 aliphatic rings. The maximum absolute atomic E-state index is 12.9. The molecule has 0 bridgehead atoms. The minimum absolute atomic E-state index is 0.135. The summed E-state index contributed by atoms with van der Waals surface area (Å²) in [6.07, 6.45) is 0. The molecule has 0 aliphatic carbocycles. The zero-order valence-electron chi connectivity index (χ0n) is 9.20. The molecule has 0 amide bonds. The van der Waals surface area contributed by atoms with Crippen molar-refractivity contribution in [2.24, 2.45) is 0 Å². The highest BCUT2D eigenvalue weighted by Gasteiger charge is 2.18. The van der Waals surface area contributed by atoms with Crippen LogP contribution in [0.3, 0.4) is 0 Å². The third kappa shape index (κ3) is 2.51. The molecular formula is C11H8BrFN2O2S. The van der Waals surface area contributed by atoms with E-state index in [1.165, 1.54) is 18.2 Å². The second-order valence-corrected chi connectivity index (χ2v) is 5.15. The van der Waals surface area contributed by atoms with Crippen molar-refractivity contribution in [3.05, 3.63) is 39.7 Å². The molecule has 0 fully saturated rings. The summed E-state index contributed by atoms with van der Waals surface area (Å²) in [5, 5.41) is 12.4. The number of benzene rings is 1. The first-order chi connectivity index (χ1) is 8.49. The topological polar surface area (TPSA) is 62.2 Å². The predicted octanol–water partition coefficient (Wildman–Crippen LogP) is 3.79. The number of carbonyl (C=O) groups is 1.